The van der Waals surface area contributed by atoms with Crippen LogP contribution in [0.3, 0.4) is 0 Å². The van der Waals surface area contributed by atoms with Gasteiger partial charge in [-0.3, -0.25) is 0 Å². The normalized spacial score (nSPS) is 10.8. The smallest absolute Gasteiger partial charge is 0.191 e. The van der Waals surface area contributed by atoms with Gasteiger partial charge in [0.05, 0.1) is 15.6 Å². The highest BCUT2D eigenvalue weighted by Gasteiger charge is 2.12. The van der Waals surface area contributed by atoms with Crippen LogP contribution >= 0.6 is 22.9 Å². The highest BCUT2D eigenvalue weighted by atomic mass is 35.5. The number of anilines is 1. The molecule has 0 amide bonds. The summed E-state index contributed by atoms with van der Waals surface area (Å²) >= 11 is 7.66. The first kappa shape index (κ1) is 12.2. The number of hydrogen-bond acceptors (Lipinski definition) is 4. The van der Waals surface area contributed by atoms with Crippen LogP contribution in [0, 0.1) is 0 Å². The second kappa shape index (κ2) is 4.68. The van der Waals surface area contributed by atoms with Crippen LogP contribution in [0.4, 0.5) is 5.69 Å². The van der Waals surface area contributed by atoms with Gasteiger partial charge in [-0.25, -0.2) is 9.67 Å². The number of hydrogen-bond donors (Lipinski definition) is 1. The van der Waals surface area contributed by atoms with Crippen LogP contribution in [0.1, 0.15) is 0 Å². The molecule has 0 aliphatic heterocycles. The van der Waals surface area contributed by atoms with Crippen LogP contribution < -0.4 is 5.73 Å². The van der Waals surface area contributed by atoms with Gasteiger partial charge in [0, 0.05) is 12.6 Å². The Balaban J connectivity index is 2.08. The van der Waals surface area contributed by atoms with E-state index in [9.17, 15) is 0 Å². The zero-order valence-electron chi connectivity index (χ0n) is 10.2. The van der Waals surface area contributed by atoms with E-state index in [0.29, 0.717) is 10.7 Å². The summed E-state index contributed by atoms with van der Waals surface area (Å²) in [5.74, 6) is 1.49. The molecular formula is C13H11ClN4S. The van der Waals surface area contributed by atoms with Crippen LogP contribution in [0.5, 0.6) is 0 Å². The van der Waals surface area contributed by atoms with Gasteiger partial charge in [0.2, 0.25) is 0 Å². The van der Waals surface area contributed by atoms with Crippen LogP contribution in [0.15, 0.2) is 35.7 Å². The van der Waals surface area contributed by atoms with Crippen LogP contribution in [0.25, 0.3) is 22.1 Å². The fraction of sp³-hybridized carbons (Fsp3) is 0.0769. The molecule has 2 N–H and O–H groups in total. The summed E-state index contributed by atoms with van der Waals surface area (Å²) in [7, 11) is 1.86. The Bertz CT molecular complexity index is 718. The van der Waals surface area contributed by atoms with Crippen LogP contribution in [-0.4, -0.2) is 14.8 Å². The van der Waals surface area contributed by atoms with Gasteiger partial charge in [0.1, 0.15) is 0 Å². The maximum atomic E-state index is 6.04. The summed E-state index contributed by atoms with van der Waals surface area (Å²) < 4.78 is 1.75. The SMILES string of the molecule is Cn1nc(-c2cccs2)nc1-c1ccc(N)c(Cl)c1. The summed E-state index contributed by atoms with van der Waals surface area (Å²) in [5.41, 5.74) is 7.18. The van der Waals surface area contributed by atoms with E-state index in [4.69, 9.17) is 17.3 Å². The van der Waals surface area contributed by atoms with Gasteiger partial charge in [-0.2, -0.15) is 0 Å². The Morgan fingerprint density at radius 1 is 1.32 bits per heavy atom. The zero-order chi connectivity index (χ0) is 13.4. The summed E-state index contributed by atoms with van der Waals surface area (Å²) in [5, 5.41) is 6.95. The summed E-state index contributed by atoms with van der Waals surface area (Å²) in [6, 6.07) is 9.45. The fourth-order valence-electron chi connectivity index (χ4n) is 1.81. The Morgan fingerprint density at radius 2 is 2.16 bits per heavy atom. The first-order valence-electron chi connectivity index (χ1n) is 5.65. The quantitative estimate of drug-likeness (QED) is 0.736. The van der Waals surface area contributed by atoms with E-state index in [0.717, 1.165) is 22.1 Å². The van der Waals surface area contributed by atoms with E-state index in [2.05, 4.69) is 10.1 Å². The Morgan fingerprint density at radius 3 is 2.84 bits per heavy atom. The molecule has 19 heavy (non-hydrogen) atoms. The van der Waals surface area contributed by atoms with Gasteiger partial charge in [-0.15, -0.1) is 16.4 Å². The topological polar surface area (TPSA) is 56.7 Å². The van der Waals surface area contributed by atoms with E-state index in [1.807, 2.05) is 30.6 Å². The predicted octanol–water partition coefficient (Wildman–Crippen LogP) is 3.45. The number of halogens is 1. The molecule has 0 atom stereocenters. The average Bonchev–Trinajstić information content (AvgIpc) is 3.01. The van der Waals surface area contributed by atoms with Gasteiger partial charge in [-0.1, -0.05) is 17.7 Å². The highest BCUT2D eigenvalue weighted by Crippen LogP contribution is 2.28. The Hall–Kier alpha value is -1.85. The number of thiophene rings is 1. The van der Waals surface area contributed by atoms with Crippen molar-refractivity contribution in [3.8, 4) is 22.1 Å². The molecule has 2 aromatic heterocycles. The minimum absolute atomic E-state index is 0.526. The third kappa shape index (κ3) is 2.22. The minimum atomic E-state index is 0.526. The largest absolute Gasteiger partial charge is 0.398 e. The maximum absolute atomic E-state index is 6.04. The van der Waals surface area contributed by atoms with Gasteiger partial charge >= 0.3 is 0 Å². The summed E-state index contributed by atoms with van der Waals surface area (Å²) in [4.78, 5) is 5.60. The molecule has 3 rings (SSSR count). The number of nitrogens with zero attached hydrogens (tertiary/aromatic N) is 3. The number of nitrogen functional groups attached to an aromatic ring is 1. The number of aromatic nitrogens is 3. The van der Waals surface area contributed by atoms with E-state index in [1.54, 1.807) is 28.2 Å². The number of aryl methyl sites for hydroxylation is 1. The Kier molecular flexibility index (Phi) is 3.00. The molecule has 0 radical (unpaired) electrons. The fourth-order valence-corrected chi connectivity index (χ4v) is 2.65. The van der Waals surface area contributed by atoms with Crippen molar-refractivity contribution >= 4 is 28.6 Å². The average molecular weight is 291 g/mol. The highest BCUT2D eigenvalue weighted by molar-refractivity contribution is 7.13. The number of benzene rings is 1. The van der Waals surface area contributed by atoms with E-state index in [1.165, 1.54) is 0 Å². The third-order valence-corrected chi connectivity index (χ3v) is 3.96. The van der Waals surface area contributed by atoms with E-state index < -0.39 is 0 Å². The van der Waals surface area contributed by atoms with Crippen LogP contribution in [-0.2, 0) is 7.05 Å². The number of rotatable bonds is 2. The van der Waals surface area contributed by atoms with Crippen LogP contribution in [0.2, 0.25) is 5.02 Å². The molecule has 0 aliphatic rings. The zero-order valence-corrected chi connectivity index (χ0v) is 11.7. The van der Waals surface area contributed by atoms with Crippen molar-refractivity contribution < 1.29 is 0 Å². The lowest BCUT2D eigenvalue weighted by molar-refractivity contribution is 0.778. The molecule has 0 saturated carbocycles. The molecular weight excluding hydrogens is 280 g/mol. The van der Waals surface area contributed by atoms with Gasteiger partial charge in [-0.05, 0) is 29.6 Å². The molecule has 6 heteroatoms. The molecule has 4 nitrogen and oxygen atoms in total. The van der Waals surface area contributed by atoms with Crippen molar-refractivity contribution in [3.63, 3.8) is 0 Å². The first-order valence-corrected chi connectivity index (χ1v) is 6.91. The lowest BCUT2D eigenvalue weighted by Gasteiger charge is -2.02. The second-order valence-corrected chi connectivity index (χ2v) is 5.45. The van der Waals surface area contributed by atoms with Gasteiger partial charge in [0.25, 0.3) is 0 Å². The van der Waals surface area contributed by atoms with Crippen molar-refractivity contribution in [1.29, 1.82) is 0 Å². The standard InChI is InChI=1S/C13H11ClN4S/c1-18-13(8-4-5-10(15)9(14)7-8)16-12(17-18)11-3-2-6-19-11/h2-7H,15H2,1H3. The molecule has 1 aromatic carbocycles. The summed E-state index contributed by atoms with van der Waals surface area (Å²) in [6.45, 7) is 0. The monoisotopic (exact) mass is 290 g/mol. The maximum Gasteiger partial charge on any atom is 0.191 e. The molecule has 0 bridgehead atoms. The molecule has 0 aliphatic carbocycles. The molecule has 3 aromatic rings. The minimum Gasteiger partial charge on any atom is -0.398 e. The van der Waals surface area contributed by atoms with Crippen molar-refractivity contribution in [2.75, 3.05) is 5.73 Å². The third-order valence-electron chi connectivity index (χ3n) is 2.76. The predicted molar refractivity (Wildman–Crippen MR) is 79.2 cm³/mol. The van der Waals surface area contributed by atoms with Crippen molar-refractivity contribution in [2.24, 2.45) is 7.05 Å². The molecule has 0 unspecified atom stereocenters. The van der Waals surface area contributed by atoms with E-state index >= 15 is 0 Å². The Labute approximate surface area is 119 Å². The lowest BCUT2D eigenvalue weighted by atomic mass is 10.2. The van der Waals surface area contributed by atoms with Gasteiger partial charge < -0.3 is 5.73 Å². The van der Waals surface area contributed by atoms with Crippen molar-refractivity contribution in [2.45, 2.75) is 0 Å². The lowest BCUT2D eigenvalue weighted by Crippen LogP contribution is -1.95. The van der Waals surface area contributed by atoms with Crippen molar-refractivity contribution in [3.05, 3.63) is 40.7 Å². The number of nitrogens with two attached hydrogens (primary N) is 1. The van der Waals surface area contributed by atoms with E-state index in [-0.39, 0.29) is 0 Å². The van der Waals surface area contributed by atoms with Crippen molar-refractivity contribution in [1.82, 2.24) is 14.8 Å². The molecule has 2 heterocycles. The second-order valence-electron chi connectivity index (χ2n) is 4.10. The summed E-state index contributed by atoms with van der Waals surface area (Å²) in [6.07, 6.45) is 0. The molecule has 0 saturated heterocycles. The van der Waals surface area contributed by atoms with Gasteiger partial charge in [0.15, 0.2) is 11.6 Å². The molecule has 0 fully saturated rings. The molecule has 96 valence electrons. The first-order chi connectivity index (χ1) is 9.15. The molecule has 0 spiro atoms.